The first-order chi connectivity index (χ1) is 16.5. The maximum atomic E-state index is 10.1. The zero-order valence-corrected chi connectivity index (χ0v) is 21.7. The number of nitrogens with one attached hydrogen (secondary N) is 1. The summed E-state index contributed by atoms with van der Waals surface area (Å²) in [6.45, 7) is 7.40. The largest absolute Gasteiger partial charge is 0.368 e. The van der Waals surface area contributed by atoms with Gasteiger partial charge in [-0.25, -0.2) is 0 Å². The second-order valence-corrected chi connectivity index (χ2v) is 10.7. The Morgan fingerprint density at radius 1 is 1.06 bits per heavy atom. The normalized spacial score (nSPS) is 19.2. The standard InChI is InChI=1S/C25H31NS.C4H10N2O/c1-20(18-21-10-4-2-5-11-21)26-17-9-16-25(26)22-12-8-15-24(19-22)27-23-13-6-3-7-14-23;1-3(6-2)4(5)7/h3,6-8,12-15,19,21,25H,1-2,4-5,9-11,16-18H2;3,6H,1-2H3,(H2,5,7)/t25-;/m0./s1. The topological polar surface area (TPSA) is 58.4 Å². The van der Waals surface area contributed by atoms with Crippen LogP contribution in [0.1, 0.15) is 69.9 Å². The van der Waals surface area contributed by atoms with Crippen molar-refractivity contribution < 1.29 is 4.79 Å². The molecule has 5 heteroatoms. The number of hydrogen-bond donors (Lipinski definition) is 2. The van der Waals surface area contributed by atoms with E-state index in [1.807, 2.05) is 11.8 Å². The summed E-state index contributed by atoms with van der Waals surface area (Å²) in [7, 11) is 1.69. The number of likely N-dealkylation sites (tertiary alicyclic amines) is 1. The molecule has 2 aliphatic rings. The summed E-state index contributed by atoms with van der Waals surface area (Å²) in [6, 6.07) is 20.1. The van der Waals surface area contributed by atoms with Crippen LogP contribution in [0.2, 0.25) is 0 Å². The van der Waals surface area contributed by atoms with Crippen LogP contribution in [0.4, 0.5) is 0 Å². The lowest BCUT2D eigenvalue weighted by Crippen LogP contribution is -2.36. The van der Waals surface area contributed by atoms with Crippen molar-refractivity contribution in [3.63, 3.8) is 0 Å². The molecule has 4 rings (SSSR count). The number of carbonyl (C=O) groups excluding carboxylic acids is 1. The maximum Gasteiger partial charge on any atom is 0.234 e. The van der Waals surface area contributed by atoms with E-state index in [0.29, 0.717) is 6.04 Å². The number of amides is 1. The summed E-state index contributed by atoms with van der Waals surface area (Å²) < 4.78 is 0. The van der Waals surface area contributed by atoms with Crippen molar-refractivity contribution in [3.8, 4) is 0 Å². The number of nitrogens with two attached hydrogens (primary N) is 1. The van der Waals surface area contributed by atoms with Gasteiger partial charge in [-0.2, -0.15) is 0 Å². The zero-order valence-electron chi connectivity index (χ0n) is 20.8. The monoisotopic (exact) mass is 479 g/mol. The summed E-state index contributed by atoms with van der Waals surface area (Å²) in [5, 5.41) is 2.69. The average Bonchev–Trinajstić information content (AvgIpc) is 3.36. The second-order valence-electron chi connectivity index (χ2n) is 9.53. The minimum absolute atomic E-state index is 0.208. The van der Waals surface area contributed by atoms with Crippen molar-refractivity contribution in [2.75, 3.05) is 13.6 Å². The number of likely N-dealkylation sites (N-methyl/N-ethyl adjacent to an activating group) is 1. The molecule has 2 aromatic rings. The molecule has 1 saturated heterocycles. The SMILES string of the molecule is C=C(CC1CCCCC1)N1CCC[C@H]1c1cccc(Sc2ccccc2)c1.CNC(C)C(N)=O. The fourth-order valence-corrected chi connectivity index (χ4v) is 5.79. The second kappa shape index (κ2) is 13.6. The molecule has 4 nitrogen and oxygen atoms in total. The van der Waals surface area contributed by atoms with E-state index in [4.69, 9.17) is 5.73 Å². The van der Waals surface area contributed by atoms with Crippen LogP contribution in [0.3, 0.4) is 0 Å². The number of primary amides is 1. The molecule has 1 unspecified atom stereocenters. The van der Waals surface area contributed by atoms with Gasteiger partial charge < -0.3 is 16.0 Å². The minimum atomic E-state index is -0.317. The summed E-state index contributed by atoms with van der Waals surface area (Å²) in [4.78, 5) is 15.3. The summed E-state index contributed by atoms with van der Waals surface area (Å²) in [5.41, 5.74) is 7.68. The lowest BCUT2D eigenvalue weighted by molar-refractivity contribution is -0.119. The smallest absolute Gasteiger partial charge is 0.234 e. The van der Waals surface area contributed by atoms with E-state index in [1.54, 1.807) is 14.0 Å². The average molecular weight is 480 g/mol. The van der Waals surface area contributed by atoms with E-state index in [2.05, 4.69) is 71.4 Å². The van der Waals surface area contributed by atoms with Gasteiger partial charge in [0, 0.05) is 22.0 Å². The van der Waals surface area contributed by atoms with E-state index < -0.39 is 0 Å². The molecule has 2 atom stereocenters. The van der Waals surface area contributed by atoms with Crippen LogP contribution in [0, 0.1) is 5.92 Å². The number of nitrogens with zero attached hydrogens (tertiary/aromatic N) is 1. The number of hydrogen-bond acceptors (Lipinski definition) is 4. The van der Waals surface area contributed by atoms with Gasteiger partial charge in [-0.15, -0.1) is 0 Å². The predicted octanol–water partition coefficient (Wildman–Crippen LogP) is 6.54. The molecule has 1 amide bonds. The van der Waals surface area contributed by atoms with Crippen LogP contribution < -0.4 is 11.1 Å². The summed E-state index contributed by atoms with van der Waals surface area (Å²) >= 11 is 1.86. The molecule has 0 bridgehead atoms. The lowest BCUT2D eigenvalue weighted by atomic mass is 9.86. The first-order valence-corrected chi connectivity index (χ1v) is 13.5. The predicted molar refractivity (Wildman–Crippen MR) is 144 cm³/mol. The number of allylic oxidation sites excluding steroid dienone is 1. The van der Waals surface area contributed by atoms with Gasteiger partial charge in [0.15, 0.2) is 0 Å². The van der Waals surface area contributed by atoms with Crippen molar-refractivity contribution in [1.29, 1.82) is 0 Å². The highest BCUT2D eigenvalue weighted by Crippen LogP contribution is 2.39. The van der Waals surface area contributed by atoms with E-state index in [0.717, 1.165) is 5.92 Å². The Hall–Kier alpha value is -2.24. The van der Waals surface area contributed by atoms with Crippen LogP contribution in [0.5, 0.6) is 0 Å². The molecule has 3 N–H and O–H groups in total. The zero-order chi connectivity index (χ0) is 24.3. The molecule has 34 heavy (non-hydrogen) atoms. The van der Waals surface area contributed by atoms with Crippen molar-refractivity contribution in [1.82, 2.24) is 10.2 Å². The third kappa shape index (κ3) is 7.92. The first kappa shape index (κ1) is 26.4. The molecule has 1 saturated carbocycles. The number of rotatable bonds is 8. The van der Waals surface area contributed by atoms with E-state index in [9.17, 15) is 4.79 Å². The molecule has 0 radical (unpaired) electrons. The highest BCUT2D eigenvalue weighted by molar-refractivity contribution is 7.99. The highest BCUT2D eigenvalue weighted by Gasteiger charge is 2.28. The van der Waals surface area contributed by atoms with Crippen LogP contribution in [-0.2, 0) is 4.79 Å². The van der Waals surface area contributed by atoms with Gasteiger partial charge in [0.2, 0.25) is 5.91 Å². The Kier molecular flexibility index (Phi) is 10.5. The molecule has 1 aliphatic carbocycles. The molecule has 1 heterocycles. The molecular weight excluding hydrogens is 438 g/mol. The van der Waals surface area contributed by atoms with Gasteiger partial charge in [0.05, 0.1) is 12.1 Å². The van der Waals surface area contributed by atoms with Crippen LogP contribution in [-0.4, -0.2) is 30.4 Å². The van der Waals surface area contributed by atoms with Crippen LogP contribution >= 0.6 is 11.8 Å². The Bertz CT molecular complexity index is 911. The third-order valence-electron chi connectivity index (χ3n) is 6.99. The van der Waals surface area contributed by atoms with Gasteiger partial charge in [-0.3, -0.25) is 4.79 Å². The molecule has 184 valence electrons. The molecule has 0 spiro atoms. The van der Waals surface area contributed by atoms with Crippen molar-refractivity contribution >= 4 is 17.7 Å². The fraction of sp³-hybridized carbons (Fsp3) is 0.483. The Balaban J connectivity index is 0.000000406. The van der Waals surface area contributed by atoms with Gasteiger partial charge in [0.1, 0.15) is 0 Å². The molecule has 2 aromatic carbocycles. The maximum absolute atomic E-state index is 10.1. The summed E-state index contributed by atoms with van der Waals surface area (Å²) in [6.07, 6.45) is 10.8. The van der Waals surface area contributed by atoms with Crippen LogP contribution in [0.15, 0.2) is 76.7 Å². The summed E-state index contributed by atoms with van der Waals surface area (Å²) in [5.74, 6) is 0.551. The Morgan fingerprint density at radius 3 is 2.41 bits per heavy atom. The van der Waals surface area contributed by atoms with Gasteiger partial charge in [-0.05, 0) is 69.0 Å². The van der Waals surface area contributed by atoms with Gasteiger partial charge >= 0.3 is 0 Å². The molecular formula is C29H41N3OS. The van der Waals surface area contributed by atoms with Crippen molar-refractivity contribution in [2.45, 2.75) is 80.2 Å². The Labute approximate surface area is 210 Å². The van der Waals surface area contributed by atoms with E-state index in [-0.39, 0.29) is 11.9 Å². The quantitative estimate of drug-likeness (QED) is 0.451. The van der Waals surface area contributed by atoms with Gasteiger partial charge in [0.25, 0.3) is 0 Å². The van der Waals surface area contributed by atoms with Gasteiger partial charge in [-0.1, -0.05) is 80.8 Å². The third-order valence-corrected chi connectivity index (χ3v) is 7.99. The molecule has 2 fully saturated rings. The van der Waals surface area contributed by atoms with E-state index in [1.165, 1.54) is 79.0 Å². The van der Waals surface area contributed by atoms with Crippen molar-refractivity contribution in [3.05, 3.63) is 72.4 Å². The van der Waals surface area contributed by atoms with E-state index >= 15 is 0 Å². The lowest BCUT2D eigenvalue weighted by Gasteiger charge is -2.32. The van der Waals surface area contributed by atoms with Crippen molar-refractivity contribution in [2.24, 2.45) is 11.7 Å². The number of carbonyl (C=O) groups is 1. The van der Waals surface area contributed by atoms with Crippen LogP contribution in [0.25, 0.3) is 0 Å². The highest BCUT2D eigenvalue weighted by atomic mass is 32.2. The first-order valence-electron chi connectivity index (χ1n) is 12.7. The minimum Gasteiger partial charge on any atom is -0.368 e. The Morgan fingerprint density at radius 2 is 1.76 bits per heavy atom. The number of benzene rings is 2. The molecule has 1 aliphatic heterocycles. The fourth-order valence-electron chi connectivity index (χ4n) is 4.89. The molecule has 0 aromatic heterocycles.